The van der Waals surface area contributed by atoms with Crippen LogP contribution in [0.25, 0.3) is 0 Å². The largest absolute Gasteiger partial charge is 0.369 e. The highest BCUT2D eigenvalue weighted by Crippen LogP contribution is 2.23. The van der Waals surface area contributed by atoms with E-state index in [4.69, 9.17) is 0 Å². The first-order valence-electron chi connectivity index (χ1n) is 10.3. The smallest absolute Gasteiger partial charge is 0.0995 e. The van der Waals surface area contributed by atoms with E-state index in [0.717, 1.165) is 70.0 Å². The van der Waals surface area contributed by atoms with E-state index in [1.807, 2.05) is 6.07 Å². The minimum Gasteiger partial charge on any atom is -0.369 e. The molecule has 0 spiro atoms. The lowest BCUT2D eigenvalue weighted by Gasteiger charge is -2.36. The first-order valence-corrected chi connectivity index (χ1v) is 10.3. The van der Waals surface area contributed by atoms with Crippen LogP contribution in [0.4, 0.5) is 11.4 Å². The minimum atomic E-state index is 0.805. The van der Waals surface area contributed by atoms with Gasteiger partial charge in [-0.15, -0.1) is 0 Å². The summed E-state index contributed by atoms with van der Waals surface area (Å²) < 4.78 is 0. The molecule has 146 valence electrons. The molecule has 28 heavy (non-hydrogen) atoms. The summed E-state index contributed by atoms with van der Waals surface area (Å²) in [5.41, 5.74) is 5.82. The van der Waals surface area contributed by atoms with Gasteiger partial charge in [0.15, 0.2) is 0 Å². The quantitative estimate of drug-likeness (QED) is 0.890. The van der Waals surface area contributed by atoms with Crippen LogP contribution in [0.2, 0.25) is 0 Å². The van der Waals surface area contributed by atoms with Crippen molar-refractivity contribution in [2.45, 2.75) is 13.5 Å². The van der Waals surface area contributed by atoms with Crippen LogP contribution < -0.4 is 15.1 Å². The molecule has 2 saturated heterocycles. The predicted molar refractivity (Wildman–Crippen MR) is 115 cm³/mol. The van der Waals surface area contributed by atoms with E-state index in [1.165, 1.54) is 16.9 Å². The Morgan fingerprint density at radius 1 is 0.857 bits per heavy atom. The van der Waals surface area contributed by atoms with E-state index in [1.54, 1.807) is 0 Å². The van der Waals surface area contributed by atoms with Crippen molar-refractivity contribution in [3.05, 3.63) is 59.2 Å². The number of nitrogens with one attached hydrogen (secondary N) is 1. The molecular weight excluding hydrogens is 346 g/mol. The number of hydrogen-bond donors (Lipinski definition) is 1. The molecule has 0 amide bonds. The van der Waals surface area contributed by atoms with Crippen LogP contribution in [0.1, 0.15) is 16.7 Å². The maximum atomic E-state index is 9.56. The highest BCUT2D eigenvalue weighted by molar-refractivity contribution is 5.54. The second kappa shape index (κ2) is 8.64. The van der Waals surface area contributed by atoms with Gasteiger partial charge in [-0.1, -0.05) is 17.7 Å². The van der Waals surface area contributed by atoms with Crippen LogP contribution in [-0.2, 0) is 6.54 Å². The first-order chi connectivity index (χ1) is 13.7. The highest BCUT2D eigenvalue weighted by Gasteiger charge is 2.19. The summed E-state index contributed by atoms with van der Waals surface area (Å²) >= 11 is 0. The van der Waals surface area contributed by atoms with Crippen molar-refractivity contribution in [3.8, 4) is 6.07 Å². The molecule has 5 nitrogen and oxygen atoms in total. The molecule has 0 radical (unpaired) electrons. The van der Waals surface area contributed by atoms with Crippen molar-refractivity contribution in [1.82, 2.24) is 10.2 Å². The zero-order valence-corrected chi connectivity index (χ0v) is 16.7. The third kappa shape index (κ3) is 4.30. The molecule has 0 aromatic heterocycles. The predicted octanol–water partition coefficient (Wildman–Crippen LogP) is 2.60. The zero-order chi connectivity index (χ0) is 19.3. The van der Waals surface area contributed by atoms with Crippen LogP contribution in [0, 0.1) is 18.3 Å². The van der Waals surface area contributed by atoms with Crippen LogP contribution >= 0.6 is 0 Å². The van der Waals surface area contributed by atoms with Gasteiger partial charge in [0.2, 0.25) is 0 Å². The lowest BCUT2D eigenvalue weighted by Crippen LogP contribution is -2.46. The number of rotatable bonds is 4. The molecule has 0 saturated carbocycles. The van der Waals surface area contributed by atoms with Gasteiger partial charge in [0.05, 0.1) is 11.6 Å². The molecule has 2 aromatic carbocycles. The number of aryl methyl sites for hydroxylation is 1. The van der Waals surface area contributed by atoms with Gasteiger partial charge in [0, 0.05) is 70.3 Å². The molecule has 2 heterocycles. The number of anilines is 2. The number of benzene rings is 2. The van der Waals surface area contributed by atoms with Gasteiger partial charge in [-0.25, -0.2) is 0 Å². The minimum absolute atomic E-state index is 0.805. The highest BCUT2D eigenvalue weighted by atomic mass is 15.3. The fraction of sp³-hybridized carbons (Fsp3) is 0.435. The summed E-state index contributed by atoms with van der Waals surface area (Å²) in [6.45, 7) is 11.2. The van der Waals surface area contributed by atoms with E-state index in [-0.39, 0.29) is 0 Å². The molecule has 4 rings (SSSR count). The molecule has 2 aliphatic heterocycles. The lowest BCUT2D eigenvalue weighted by molar-refractivity contribution is 0.249. The summed E-state index contributed by atoms with van der Waals surface area (Å²) in [5.74, 6) is 0. The summed E-state index contributed by atoms with van der Waals surface area (Å²) in [6, 6.07) is 17.5. The third-order valence-electron chi connectivity index (χ3n) is 5.86. The van der Waals surface area contributed by atoms with Crippen molar-refractivity contribution >= 4 is 11.4 Å². The molecular formula is C23H29N5. The molecule has 0 aliphatic carbocycles. The Bertz CT molecular complexity index is 825. The Kier molecular flexibility index (Phi) is 5.80. The molecule has 2 aromatic rings. The molecule has 2 aliphatic rings. The van der Waals surface area contributed by atoms with Gasteiger partial charge in [0.1, 0.15) is 0 Å². The second-order valence-electron chi connectivity index (χ2n) is 7.79. The van der Waals surface area contributed by atoms with Crippen LogP contribution in [0.5, 0.6) is 0 Å². The second-order valence-corrected chi connectivity index (χ2v) is 7.79. The average Bonchev–Trinajstić information content (AvgIpc) is 2.75. The van der Waals surface area contributed by atoms with E-state index in [2.05, 4.69) is 69.4 Å². The van der Waals surface area contributed by atoms with Crippen LogP contribution in [0.15, 0.2) is 42.5 Å². The van der Waals surface area contributed by atoms with Crippen molar-refractivity contribution in [3.63, 3.8) is 0 Å². The van der Waals surface area contributed by atoms with E-state index in [9.17, 15) is 5.26 Å². The fourth-order valence-electron chi connectivity index (χ4n) is 4.10. The Balaban J connectivity index is 1.41. The van der Waals surface area contributed by atoms with Crippen LogP contribution in [0.3, 0.4) is 0 Å². The number of piperazine rings is 2. The van der Waals surface area contributed by atoms with Crippen molar-refractivity contribution < 1.29 is 0 Å². The Morgan fingerprint density at radius 2 is 1.50 bits per heavy atom. The van der Waals surface area contributed by atoms with Crippen molar-refractivity contribution in [2.75, 3.05) is 62.2 Å². The SMILES string of the molecule is Cc1ccc(N2CCN(Cc3cc(N4CCNCC4)ccc3C#N)CC2)cc1. The molecule has 2 fully saturated rings. The maximum absolute atomic E-state index is 9.56. The molecule has 1 N–H and O–H groups in total. The van der Waals surface area contributed by atoms with E-state index in [0.29, 0.717) is 0 Å². The van der Waals surface area contributed by atoms with E-state index >= 15 is 0 Å². The zero-order valence-electron chi connectivity index (χ0n) is 16.7. The number of hydrogen-bond acceptors (Lipinski definition) is 5. The van der Waals surface area contributed by atoms with Crippen molar-refractivity contribution in [2.24, 2.45) is 0 Å². The molecule has 0 unspecified atom stereocenters. The van der Waals surface area contributed by atoms with E-state index < -0.39 is 0 Å². The summed E-state index contributed by atoms with van der Waals surface area (Å²) in [4.78, 5) is 7.34. The number of nitriles is 1. The first kappa shape index (κ1) is 18.8. The summed E-state index contributed by atoms with van der Waals surface area (Å²) in [5, 5.41) is 13.0. The summed E-state index contributed by atoms with van der Waals surface area (Å²) in [6.07, 6.45) is 0. The summed E-state index contributed by atoms with van der Waals surface area (Å²) in [7, 11) is 0. The lowest BCUT2D eigenvalue weighted by atomic mass is 10.1. The normalized spacial score (nSPS) is 18.1. The fourth-order valence-corrected chi connectivity index (χ4v) is 4.10. The number of nitrogens with zero attached hydrogens (tertiary/aromatic N) is 4. The van der Waals surface area contributed by atoms with Gasteiger partial charge in [-0.2, -0.15) is 5.26 Å². The topological polar surface area (TPSA) is 45.5 Å². The van der Waals surface area contributed by atoms with Gasteiger partial charge in [-0.05, 0) is 42.8 Å². The van der Waals surface area contributed by atoms with Gasteiger partial charge in [-0.3, -0.25) is 4.90 Å². The molecule has 5 heteroatoms. The molecule has 0 atom stereocenters. The Labute approximate surface area is 168 Å². The van der Waals surface area contributed by atoms with Gasteiger partial charge in [0.25, 0.3) is 0 Å². The maximum Gasteiger partial charge on any atom is 0.0995 e. The van der Waals surface area contributed by atoms with Crippen LogP contribution in [-0.4, -0.2) is 57.3 Å². The monoisotopic (exact) mass is 375 g/mol. The Hall–Kier alpha value is -2.55. The van der Waals surface area contributed by atoms with Gasteiger partial charge >= 0.3 is 0 Å². The third-order valence-corrected chi connectivity index (χ3v) is 5.86. The van der Waals surface area contributed by atoms with Gasteiger partial charge < -0.3 is 15.1 Å². The molecule has 0 bridgehead atoms. The average molecular weight is 376 g/mol. The van der Waals surface area contributed by atoms with Crippen molar-refractivity contribution in [1.29, 1.82) is 5.26 Å². The Morgan fingerprint density at radius 3 is 2.18 bits per heavy atom. The standard InChI is InChI=1S/C23H29N5/c1-19-2-5-22(6-3-19)28-14-12-26(13-15-28)18-21-16-23(7-4-20(21)17-24)27-10-8-25-9-11-27/h2-7,16,25H,8-15,18H2,1H3.